The van der Waals surface area contributed by atoms with Crippen molar-refractivity contribution in [3.63, 3.8) is 0 Å². The highest BCUT2D eigenvalue weighted by molar-refractivity contribution is 6.33. The van der Waals surface area contributed by atoms with Crippen LogP contribution in [0.2, 0.25) is 5.02 Å². The minimum atomic E-state index is -0.601. The average Bonchev–Trinajstić information content (AvgIpc) is 2.84. The molecule has 164 valence electrons. The summed E-state index contributed by atoms with van der Waals surface area (Å²) >= 11 is 6.05. The van der Waals surface area contributed by atoms with Crippen molar-refractivity contribution in [2.75, 3.05) is 7.11 Å². The number of hydrogen-bond acceptors (Lipinski definition) is 6. The van der Waals surface area contributed by atoms with Gasteiger partial charge in [-0.1, -0.05) is 48.0 Å². The predicted molar refractivity (Wildman–Crippen MR) is 126 cm³/mol. The summed E-state index contributed by atoms with van der Waals surface area (Å²) in [7, 11) is 1.45. The Morgan fingerprint density at radius 2 is 1.76 bits per heavy atom. The van der Waals surface area contributed by atoms with Crippen LogP contribution in [0.4, 0.5) is 0 Å². The molecule has 0 saturated heterocycles. The van der Waals surface area contributed by atoms with Crippen molar-refractivity contribution in [2.24, 2.45) is 5.10 Å². The van der Waals surface area contributed by atoms with Gasteiger partial charge in [-0.3, -0.25) is 4.79 Å². The summed E-state index contributed by atoms with van der Waals surface area (Å²) in [6.07, 6.45) is 1.45. The third kappa shape index (κ3) is 5.16. The molecule has 8 heteroatoms. The number of halogens is 1. The number of hydrogen-bond donors (Lipinski definition) is 1. The molecule has 4 rings (SSSR count). The number of methoxy groups -OCH3 is 1. The van der Waals surface area contributed by atoms with Crippen molar-refractivity contribution in [1.29, 1.82) is 0 Å². The van der Waals surface area contributed by atoms with E-state index in [1.807, 2.05) is 30.3 Å². The van der Waals surface area contributed by atoms with E-state index in [-0.39, 0.29) is 17.0 Å². The van der Waals surface area contributed by atoms with Crippen molar-refractivity contribution in [3.8, 4) is 11.5 Å². The van der Waals surface area contributed by atoms with Crippen LogP contribution in [0.3, 0.4) is 0 Å². The lowest BCUT2D eigenvalue weighted by Gasteiger charge is -2.10. The van der Waals surface area contributed by atoms with Gasteiger partial charge in [-0.25, -0.2) is 15.2 Å². The Morgan fingerprint density at radius 1 is 0.970 bits per heavy atom. The molecule has 0 aliphatic heterocycles. The van der Waals surface area contributed by atoms with Gasteiger partial charge in [-0.05, 0) is 48.0 Å². The number of esters is 1. The fraction of sp³-hybridized carbons (Fsp3) is 0.0400. The molecule has 1 N–H and O–H groups in total. The molecule has 4 aromatic rings. The monoisotopic (exact) mass is 459 g/mol. The highest BCUT2D eigenvalue weighted by Gasteiger charge is 2.15. The molecule has 0 atom stereocenters. The van der Waals surface area contributed by atoms with E-state index < -0.39 is 11.9 Å². The Kier molecular flexibility index (Phi) is 6.61. The summed E-state index contributed by atoms with van der Waals surface area (Å²) in [5.74, 6) is -0.490. The van der Waals surface area contributed by atoms with E-state index in [1.54, 1.807) is 48.5 Å². The number of rotatable bonds is 6. The van der Waals surface area contributed by atoms with Crippen LogP contribution in [0.25, 0.3) is 10.9 Å². The molecule has 1 aromatic heterocycles. The maximum absolute atomic E-state index is 12.4. The molecule has 0 bridgehead atoms. The fourth-order valence-corrected chi connectivity index (χ4v) is 3.26. The van der Waals surface area contributed by atoms with Gasteiger partial charge >= 0.3 is 5.97 Å². The number of nitrogens with one attached hydrogen (secondary N) is 1. The number of aromatic nitrogens is 1. The van der Waals surface area contributed by atoms with Gasteiger partial charge in [0, 0.05) is 5.39 Å². The van der Waals surface area contributed by atoms with Gasteiger partial charge < -0.3 is 9.47 Å². The van der Waals surface area contributed by atoms with Crippen LogP contribution in [-0.4, -0.2) is 30.2 Å². The fourth-order valence-electron chi connectivity index (χ4n) is 3.05. The largest absolute Gasteiger partial charge is 0.493 e. The summed E-state index contributed by atoms with van der Waals surface area (Å²) in [6.45, 7) is 0. The minimum Gasteiger partial charge on any atom is -0.493 e. The zero-order chi connectivity index (χ0) is 23.2. The van der Waals surface area contributed by atoms with Crippen LogP contribution in [0.1, 0.15) is 26.4 Å². The SMILES string of the molecule is COc1cc(/C=N/NC(=O)c2ccc3ccccc3n2)ccc1OC(=O)c1ccccc1Cl. The smallest absolute Gasteiger partial charge is 0.345 e. The van der Waals surface area contributed by atoms with Gasteiger partial charge in [0.15, 0.2) is 11.5 Å². The Morgan fingerprint density at radius 3 is 2.58 bits per heavy atom. The first-order valence-electron chi connectivity index (χ1n) is 9.89. The van der Waals surface area contributed by atoms with E-state index in [1.165, 1.54) is 13.3 Å². The van der Waals surface area contributed by atoms with Crippen LogP contribution in [0.15, 0.2) is 84.0 Å². The van der Waals surface area contributed by atoms with Crippen LogP contribution in [0, 0.1) is 0 Å². The van der Waals surface area contributed by atoms with E-state index in [2.05, 4.69) is 15.5 Å². The van der Waals surface area contributed by atoms with Crippen molar-refractivity contribution in [1.82, 2.24) is 10.4 Å². The summed E-state index contributed by atoms with van der Waals surface area (Å²) in [5, 5.41) is 5.22. The Hall–Kier alpha value is -4.23. The normalized spacial score (nSPS) is 10.8. The zero-order valence-electron chi connectivity index (χ0n) is 17.5. The maximum Gasteiger partial charge on any atom is 0.345 e. The molecule has 1 amide bonds. The molecule has 33 heavy (non-hydrogen) atoms. The van der Waals surface area contributed by atoms with E-state index in [9.17, 15) is 9.59 Å². The summed E-state index contributed by atoms with van der Waals surface area (Å²) < 4.78 is 10.7. The number of carbonyl (C=O) groups is 2. The van der Waals surface area contributed by atoms with Crippen molar-refractivity contribution in [2.45, 2.75) is 0 Å². The first kappa shape index (κ1) is 22.0. The van der Waals surface area contributed by atoms with Crippen molar-refractivity contribution < 1.29 is 19.1 Å². The summed E-state index contributed by atoms with van der Waals surface area (Å²) in [4.78, 5) is 29.1. The second-order valence-corrected chi connectivity index (χ2v) is 7.28. The van der Waals surface area contributed by atoms with Gasteiger partial charge in [0.2, 0.25) is 0 Å². The molecule has 0 fully saturated rings. The van der Waals surface area contributed by atoms with Crippen molar-refractivity contribution >= 4 is 40.6 Å². The zero-order valence-corrected chi connectivity index (χ0v) is 18.2. The maximum atomic E-state index is 12.4. The van der Waals surface area contributed by atoms with Gasteiger partial charge in [-0.2, -0.15) is 5.10 Å². The molecule has 0 spiro atoms. The molecule has 0 unspecified atom stereocenters. The molecule has 0 aliphatic carbocycles. The number of amides is 1. The number of ether oxygens (including phenoxy) is 2. The number of fused-ring (bicyclic) bond motifs is 1. The lowest BCUT2D eigenvalue weighted by Crippen LogP contribution is -2.18. The summed E-state index contributed by atoms with van der Waals surface area (Å²) in [5.41, 5.74) is 4.30. The number of nitrogens with zero attached hydrogens (tertiary/aromatic N) is 2. The van der Waals surface area contributed by atoms with Gasteiger partial charge in [0.25, 0.3) is 5.91 Å². The van der Waals surface area contributed by atoms with Crippen molar-refractivity contribution in [3.05, 3.63) is 101 Å². The summed E-state index contributed by atoms with van der Waals surface area (Å²) in [6, 6.07) is 22.5. The highest BCUT2D eigenvalue weighted by Crippen LogP contribution is 2.29. The number of pyridine rings is 1. The van der Waals surface area contributed by atoms with Gasteiger partial charge in [0.05, 0.1) is 29.4 Å². The number of hydrazone groups is 1. The quantitative estimate of drug-likeness (QED) is 0.192. The average molecular weight is 460 g/mol. The molecule has 1 heterocycles. The lowest BCUT2D eigenvalue weighted by molar-refractivity contribution is 0.0729. The Balaban J connectivity index is 1.44. The predicted octanol–water partition coefficient (Wildman–Crippen LogP) is 4.88. The molecular weight excluding hydrogens is 442 g/mol. The Labute approximate surface area is 194 Å². The first-order chi connectivity index (χ1) is 16.0. The third-order valence-corrected chi connectivity index (χ3v) is 5.02. The molecule has 3 aromatic carbocycles. The van der Waals surface area contributed by atoms with Gasteiger partial charge in [-0.15, -0.1) is 0 Å². The molecule has 0 saturated carbocycles. The molecule has 7 nitrogen and oxygen atoms in total. The highest BCUT2D eigenvalue weighted by atomic mass is 35.5. The van der Waals surface area contributed by atoms with E-state index >= 15 is 0 Å². The molecule has 0 aliphatic rings. The molecular formula is C25H18ClN3O4. The van der Waals surface area contributed by atoms with E-state index in [0.717, 1.165) is 10.9 Å². The third-order valence-electron chi connectivity index (χ3n) is 4.69. The van der Waals surface area contributed by atoms with Gasteiger partial charge in [0.1, 0.15) is 5.69 Å². The number of carbonyl (C=O) groups excluding carboxylic acids is 2. The van der Waals surface area contributed by atoms with E-state index in [0.29, 0.717) is 16.3 Å². The number of benzene rings is 3. The second kappa shape index (κ2) is 9.93. The topological polar surface area (TPSA) is 89.9 Å². The number of para-hydroxylation sites is 1. The van der Waals surface area contributed by atoms with Crippen LogP contribution < -0.4 is 14.9 Å². The van der Waals surface area contributed by atoms with Crippen LogP contribution in [0.5, 0.6) is 11.5 Å². The van der Waals surface area contributed by atoms with Crippen LogP contribution in [-0.2, 0) is 0 Å². The first-order valence-corrected chi connectivity index (χ1v) is 10.3. The molecule has 0 radical (unpaired) electrons. The standard InChI is InChI=1S/C25H18ClN3O4/c1-32-23-14-16(10-13-22(23)33-25(31)18-7-3-4-8-19(18)26)15-27-29-24(30)21-12-11-17-6-2-5-9-20(17)28-21/h2-15H,1H3,(H,29,30)/b27-15+. The van der Waals surface area contributed by atoms with E-state index in [4.69, 9.17) is 21.1 Å². The lowest BCUT2D eigenvalue weighted by atomic mass is 10.2. The Bertz CT molecular complexity index is 1370. The second-order valence-electron chi connectivity index (χ2n) is 6.87. The van der Waals surface area contributed by atoms with Crippen LogP contribution >= 0.6 is 11.6 Å². The minimum absolute atomic E-state index is 0.226.